The van der Waals surface area contributed by atoms with Crippen LogP contribution < -0.4 is 5.32 Å². The lowest BCUT2D eigenvalue weighted by Gasteiger charge is -2.44. The normalized spacial score (nSPS) is 27.0. The SMILES string of the molecule is CN(C(=O)CC1(N2CCOCC2)CCCC1)C1CCNCC1. The van der Waals surface area contributed by atoms with Gasteiger partial charge in [-0.25, -0.2) is 0 Å². The van der Waals surface area contributed by atoms with Gasteiger partial charge in [-0.1, -0.05) is 12.8 Å². The highest BCUT2D eigenvalue weighted by Crippen LogP contribution is 2.39. The quantitative estimate of drug-likeness (QED) is 0.848. The Morgan fingerprint density at radius 2 is 1.86 bits per heavy atom. The van der Waals surface area contributed by atoms with Crippen LogP contribution in [0.3, 0.4) is 0 Å². The van der Waals surface area contributed by atoms with Crippen LogP contribution in [0.1, 0.15) is 44.9 Å². The van der Waals surface area contributed by atoms with Gasteiger partial charge in [0.1, 0.15) is 0 Å². The third-order valence-electron chi connectivity index (χ3n) is 5.95. The molecule has 2 heterocycles. The average Bonchev–Trinajstić information content (AvgIpc) is 3.05. The Morgan fingerprint density at radius 3 is 2.50 bits per heavy atom. The molecule has 126 valence electrons. The number of piperidine rings is 1. The topological polar surface area (TPSA) is 44.8 Å². The zero-order valence-electron chi connectivity index (χ0n) is 14.0. The van der Waals surface area contributed by atoms with E-state index in [9.17, 15) is 4.79 Å². The lowest BCUT2D eigenvalue weighted by molar-refractivity contribution is -0.137. The highest BCUT2D eigenvalue weighted by Gasteiger charge is 2.42. The van der Waals surface area contributed by atoms with E-state index in [2.05, 4.69) is 10.2 Å². The number of nitrogens with zero attached hydrogens (tertiary/aromatic N) is 2. The number of carbonyl (C=O) groups excluding carboxylic acids is 1. The standard InChI is InChI=1S/C17H31N3O2/c1-19(15-4-8-18-9-5-15)16(21)14-17(6-2-3-7-17)20-10-12-22-13-11-20/h15,18H,2-14H2,1H3. The third kappa shape index (κ3) is 3.47. The number of carbonyl (C=O) groups is 1. The molecular formula is C17H31N3O2. The molecule has 3 aliphatic rings. The first-order valence-electron chi connectivity index (χ1n) is 9.00. The minimum absolute atomic E-state index is 0.113. The summed E-state index contributed by atoms with van der Waals surface area (Å²) in [5.74, 6) is 0.347. The third-order valence-corrected chi connectivity index (χ3v) is 5.95. The van der Waals surface area contributed by atoms with Crippen molar-refractivity contribution in [2.75, 3.05) is 46.4 Å². The molecule has 0 aromatic carbocycles. The van der Waals surface area contributed by atoms with Gasteiger partial charge in [0, 0.05) is 38.1 Å². The number of hydrogen-bond donors (Lipinski definition) is 1. The van der Waals surface area contributed by atoms with Crippen LogP contribution >= 0.6 is 0 Å². The molecule has 2 aliphatic heterocycles. The Morgan fingerprint density at radius 1 is 1.23 bits per heavy atom. The van der Waals surface area contributed by atoms with E-state index in [1.165, 1.54) is 25.7 Å². The average molecular weight is 309 g/mol. The van der Waals surface area contributed by atoms with E-state index in [1.54, 1.807) is 0 Å². The van der Waals surface area contributed by atoms with Crippen LogP contribution in [0.2, 0.25) is 0 Å². The Labute approximate surface area is 134 Å². The predicted molar refractivity (Wildman–Crippen MR) is 86.9 cm³/mol. The predicted octanol–water partition coefficient (Wildman–Crippen LogP) is 1.23. The number of nitrogens with one attached hydrogen (secondary N) is 1. The molecule has 1 saturated carbocycles. The van der Waals surface area contributed by atoms with Gasteiger partial charge < -0.3 is 15.0 Å². The molecule has 1 aliphatic carbocycles. The highest BCUT2D eigenvalue weighted by atomic mass is 16.5. The zero-order valence-corrected chi connectivity index (χ0v) is 14.0. The van der Waals surface area contributed by atoms with Gasteiger partial charge in [0.15, 0.2) is 0 Å². The molecule has 0 aromatic rings. The van der Waals surface area contributed by atoms with Crippen molar-refractivity contribution in [1.82, 2.24) is 15.1 Å². The Bertz CT molecular complexity index is 370. The summed E-state index contributed by atoms with van der Waals surface area (Å²) in [6, 6.07) is 0.428. The monoisotopic (exact) mass is 309 g/mol. The lowest BCUT2D eigenvalue weighted by atomic mass is 9.89. The molecule has 5 nitrogen and oxygen atoms in total. The largest absolute Gasteiger partial charge is 0.379 e. The molecule has 5 heteroatoms. The van der Waals surface area contributed by atoms with E-state index in [0.717, 1.165) is 52.2 Å². The maximum absolute atomic E-state index is 12.9. The van der Waals surface area contributed by atoms with Gasteiger partial charge in [0.25, 0.3) is 0 Å². The summed E-state index contributed by atoms with van der Waals surface area (Å²) in [6.45, 7) is 5.70. The molecular weight excluding hydrogens is 278 g/mol. The Hall–Kier alpha value is -0.650. The second-order valence-electron chi connectivity index (χ2n) is 7.19. The fraction of sp³-hybridized carbons (Fsp3) is 0.941. The lowest BCUT2D eigenvalue weighted by Crippen LogP contribution is -2.55. The summed E-state index contributed by atoms with van der Waals surface area (Å²) < 4.78 is 5.51. The maximum Gasteiger partial charge on any atom is 0.224 e. The van der Waals surface area contributed by atoms with Crippen LogP contribution in [0.15, 0.2) is 0 Å². The maximum atomic E-state index is 12.9. The molecule has 22 heavy (non-hydrogen) atoms. The Balaban J connectivity index is 1.63. The molecule has 0 aromatic heterocycles. The van der Waals surface area contributed by atoms with Crippen molar-refractivity contribution in [2.24, 2.45) is 0 Å². The van der Waals surface area contributed by atoms with Gasteiger partial charge in [-0.3, -0.25) is 9.69 Å². The van der Waals surface area contributed by atoms with Crippen molar-refractivity contribution < 1.29 is 9.53 Å². The molecule has 1 amide bonds. The van der Waals surface area contributed by atoms with Crippen LogP contribution in [-0.4, -0.2) is 73.7 Å². The van der Waals surface area contributed by atoms with Crippen molar-refractivity contribution in [3.8, 4) is 0 Å². The smallest absolute Gasteiger partial charge is 0.224 e. The van der Waals surface area contributed by atoms with Gasteiger partial charge in [-0.2, -0.15) is 0 Å². The van der Waals surface area contributed by atoms with E-state index in [4.69, 9.17) is 4.74 Å². The first-order chi connectivity index (χ1) is 10.7. The van der Waals surface area contributed by atoms with E-state index in [-0.39, 0.29) is 5.54 Å². The van der Waals surface area contributed by atoms with Crippen molar-refractivity contribution >= 4 is 5.91 Å². The molecule has 0 radical (unpaired) electrons. The number of morpholine rings is 1. The van der Waals surface area contributed by atoms with E-state index in [1.807, 2.05) is 11.9 Å². The van der Waals surface area contributed by atoms with E-state index in [0.29, 0.717) is 18.4 Å². The van der Waals surface area contributed by atoms with Crippen LogP contribution in [0, 0.1) is 0 Å². The number of ether oxygens (including phenoxy) is 1. The van der Waals surface area contributed by atoms with Crippen molar-refractivity contribution in [1.29, 1.82) is 0 Å². The van der Waals surface area contributed by atoms with Crippen molar-refractivity contribution in [3.05, 3.63) is 0 Å². The van der Waals surface area contributed by atoms with Crippen LogP contribution in [0.5, 0.6) is 0 Å². The molecule has 2 saturated heterocycles. The minimum Gasteiger partial charge on any atom is -0.379 e. The van der Waals surface area contributed by atoms with E-state index < -0.39 is 0 Å². The molecule has 0 atom stereocenters. The van der Waals surface area contributed by atoms with Crippen LogP contribution in [0.25, 0.3) is 0 Å². The first-order valence-corrected chi connectivity index (χ1v) is 9.00. The van der Waals surface area contributed by atoms with Gasteiger partial charge in [0.2, 0.25) is 5.91 Å². The molecule has 0 bridgehead atoms. The van der Waals surface area contributed by atoms with Gasteiger partial charge >= 0.3 is 0 Å². The van der Waals surface area contributed by atoms with Crippen molar-refractivity contribution in [3.63, 3.8) is 0 Å². The van der Waals surface area contributed by atoms with E-state index >= 15 is 0 Å². The summed E-state index contributed by atoms with van der Waals surface area (Å²) in [6.07, 6.45) is 7.77. The summed E-state index contributed by atoms with van der Waals surface area (Å²) >= 11 is 0. The van der Waals surface area contributed by atoms with Gasteiger partial charge in [-0.15, -0.1) is 0 Å². The summed E-state index contributed by atoms with van der Waals surface area (Å²) in [7, 11) is 2.01. The Kier molecular flexibility index (Phi) is 5.37. The van der Waals surface area contributed by atoms with Gasteiger partial charge in [0.05, 0.1) is 13.2 Å². The first kappa shape index (κ1) is 16.2. The molecule has 3 rings (SSSR count). The van der Waals surface area contributed by atoms with Crippen LogP contribution in [-0.2, 0) is 9.53 Å². The second kappa shape index (κ2) is 7.28. The fourth-order valence-electron chi connectivity index (χ4n) is 4.48. The summed E-state index contributed by atoms with van der Waals surface area (Å²) in [4.78, 5) is 17.5. The number of rotatable bonds is 4. The van der Waals surface area contributed by atoms with Gasteiger partial charge in [-0.05, 0) is 38.8 Å². The molecule has 0 spiro atoms. The highest BCUT2D eigenvalue weighted by molar-refractivity contribution is 5.77. The summed E-state index contributed by atoms with van der Waals surface area (Å²) in [5.41, 5.74) is 0.113. The molecule has 0 unspecified atom stereocenters. The number of amides is 1. The van der Waals surface area contributed by atoms with Crippen LogP contribution in [0.4, 0.5) is 0 Å². The molecule has 1 N–H and O–H groups in total. The molecule has 3 fully saturated rings. The zero-order chi connectivity index (χ0) is 15.4. The fourth-order valence-corrected chi connectivity index (χ4v) is 4.48. The minimum atomic E-state index is 0.113. The van der Waals surface area contributed by atoms with Crippen molar-refractivity contribution in [2.45, 2.75) is 56.5 Å². The summed E-state index contributed by atoms with van der Waals surface area (Å²) in [5, 5.41) is 3.38. The number of hydrogen-bond acceptors (Lipinski definition) is 4. The second-order valence-corrected chi connectivity index (χ2v) is 7.19.